The smallest absolute Gasteiger partial charge is 0.220 e. The first-order valence-corrected chi connectivity index (χ1v) is 7.20. The van der Waals surface area contributed by atoms with Crippen molar-refractivity contribution in [1.82, 2.24) is 5.32 Å². The van der Waals surface area contributed by atoms with E-state index in [0.29, 0.717) is 17.9 Å². The largest absolute Gasteiger partial charge is 0.386 e. The maximum Gasteiger partial charge on any atom is 0.220 e. The van der Waals surface area contributed by atoms with E-state index in [4.69, 9.17) is 0 Å². The van der Waals surface area contributed by atoms with Gasteiger partial charge in [0.2, 0.25) is 5.91 Å². The summed E-state index contributed by atoms with van der Waals surface area (Å²) in [5, 5.41) is 12.9. The average Bonchev–Trinajstić information content (AvgIpc) is 2.44. The third-order valence-corrected chi connectivity index (χ3v) is 3.70. The standard InChI is InChI=1S/C16H24FNO2/c1-4-12(5-2)10-15(19)18-11(3)16(20)13-6-8-14(17)9-7-13/h6-9,11-12,16,20H,4-5,10H2,1-3H3,(H,18,19). The molecule has 4 heteroatoms. The summed E-state index contributed by atoms with van der Waals surface area (Å²) in [4.78, 5) is 11.9. The molecule has 3 nitrogen and oxygen atoms in total. The molecule has 0 saturated heterocycles. The van der Waals surface area contributed by atoms with Gasteiger partial charge in [0.1, 0.15) is 5.82 Å². The predicted molar refractivity (Wildman–Crippen MR) is 77.7 cm³/mol. The molecule has 2 N–H and O–H groups in total. The highest BCUT2D eigenvalue weighted by atomic mass is 19.1. The van der Waals surface area contributed by atoms with E-state index < -0.39 is 12.1 Å². The van der Waals surface area contributed by atoms with Gasteiger partial charge in [-0.15, -0.1) is 0 Å². The number of hydrogen-bond acceptors (Lipinski definition) is 2. The quantitative estimate of drug-likeness (QED) is 0.806. The van der Waals surface area contributed by atoms with E-state index in [1.54, 1.807) is 6.92 Å². The van der Waals surface area contributed by atoms with Crippen molar-refractivity contribution in [2.45, 2.75) is 52.2 Å². The molecular weight excluding hydrogens is 257 g/mol. The van der Waals surface area contributed by atoms with E-state index in [9.17, 15) is 14.3 Å². The number of nitrogens with one attached hydrogen (secondary N) is 1. The lowest BCUT2D eigenvalue weighted by molar-refractivity contribution is -0.123. The van der Waals surface area contributed by atoms with Crippen molar-refractivity contribution in [2.75, 3.05) is 0 Å². The molecule has 0 aliphatic heterocycles. The van der Waals surface area contributed by atoms with Gasteiger partial charge < -0.3 is 10.4 Å². The Morgan fingerprint density at radius 3 is 2.30 bits per heavy atom. The van der Waals surface area contributed by atoms with Crippen LogP contribution in [0.3, 0.4) is 0 Å². The molecule has 0 bridgehead atoms. The molecule has 0 aromatic heterocycles. The second kappa shape index (κ2) is 8.00. The van der Waals surface area contributed by atoms with E-state index in [1.165, 1.54) is 24.3 Å². The van der Waals surface area contributed by atoms with E-state index >= 15 is 0 Å². The minimum Gasteiger partial charge on any atom is -0.386 e. The number of benzene rings is 1. The summed E-state index contributed by atoms with van der Waals surface area (Å²) in [6.07, 6.45) is 1.59. The van der Waals surface area contributed by atoms with Crippen LogP contribution in [0.4, 0.5) is 4.39 Å². The molecule has 20 heavy (non-hydrogen) atoms. The second-order valence-electron chi connectivity index (χ2n) is 5.24. The Morgan fingerprint density at radius 2 is 1.80 bits per heavy atom. The molecule has 0 spiro atoms. The van der Waals surface area contributed by atoms with Gasteiger partial charge in [0, 0.05) is 6.42 Å². The van der Waals surface area contributed by atoms with E-state index in [-0.39, 0.29) is 11.7 Å². The van der Waals surface area contributed by atoms with Crippen molar-refractivity contribution < 1.29 is 14.3 Å². The number of carbonyl (C=O) groups is 1. The fourth-order valence-corrected chi connectivity index (χ4v) is 2.18. The number of aliphatic hydroxyl groups excluding tert-OH is 1. The molecule has 112 valence electrons. The molecule has 2 unspecified atom stereocenters. The van der Waals surface area contributed by atoms with Crippen LogP contribution >= 0.6 is 0 Å². The third kappa shape index (κ3) is 4.93. The monoisotopic (exact) mass is 281 g/mol. The fourth-order valence-electron chi connectivity index (χ4n) is 2.18. The second-order valence-corrected chi connectivity index (χ2v) is 5.24. The van der Waals surface area contributed by atoms with E-state index in [2.05, 4.69) is 19.2 Å². The molecule has 1 aromatic rings. The van der Waals surface area contributed by atoms with Gasteiger partial charge in [0.05, 0.1) is 12.1 Å². The molecule has 1 aromatic carbocycles. The maximum atomic E-state index is 12.8. The Balaban J connectivity index is 2.55. The summed E-state index contributed by atoms with van der Waals surface area (Å²) in [6.45, 7) is 5.88. The summed E-state index contributed by atoms with van der Waals surface area (Å²) >= 11 is 0. The molecule has 0 radical (unpaired) electrons. The average molecular weight is 281 g/mol. The van der Waals surface area contributed by atoms with E-state index in [1.807, 2.05) is 0 Å². The van der Waals surface area contributed by atoms with Crippen LogP contribution in [0.15, 0.2) is 24.3 Å². The van der Waals surface area contributed by atoms with Crippen LogP contribution in [-0.2, 0) is 4.79 Å². The van der Waals surface area contributed by atoms with Crippen molar-refractivity contribution in [1.29, 1.82) is 0 Å². The van der Waals surface area contributed by atoms with Gasteiger partial charge in [-0.25, -0.2) is 4.39 Å². The van der Waals surface area contributed by atoms with Crippen LogP contribution in [0.1, 0.15) is 51.7 Å². The summed E-state index contributed by atoms with van der Waals surface area (Å²) < 4.78 is 12.8. The topological polar surface area (TPSA) is 49.3 Å². The number of carbonyl (C=O) groups excluding carboxylic acids is 1. The molecule has 0 aliphatic carbocycles. The van der Waals surface area contributed by atoms with Crippen molar-refractivity contribution in [2.24, 2.45) is 5.92 Å². The first-order chi connectivity index (χ1) is 9.47. The zero-order valence-corrected chi connectivity index (χ0v) is 12.4. The predicted octanol–water partition coefficient (Wildman–Crippen LogP) is 3.19. The van der Waals surface area contributed by atoms with Crippen LogP contribution in [0.5, 0.6) is 0 Å². The highest BCUT2D eigenvalue weighted by molar-refractivity contribution is 5.76. The molecule has 0 fully saturated rings. The van der Waals surface area contributed by atoms with Gasteiger partial charge in [-0.3, -0.25) is 4.79 Å². The Labute approximate surface area is 120 Å². The van der Waals surface area contributed by atoms with Crippen molar-refractivity contribution in [3.8, 4) is 0 Å². The number of halogens is 1. The van der Waals surface area contributed by atoms with Crippen molar-refractivity contribution in [3.63, 3.8) is 0 Å². The lowest BCUT2D eigenvalue weighted by atomic mass is 9.98. The summed E-state index contributed by atoms with van der Waals surface area (Å²) in [6, 6.07) is 5.27. The van der Waals surface area contributed by atoms with Crippen LogP contribution in [0, 0.1) is 11.7 Å². The maximum absolute atomic E-state index is 12.8. The van der Waals surface area contributed by atoms with Crippen molar-refractivity contribution in [3.05, 3.63) is 35.6 Å². The first kappa shape index (κ1) is 16.6. The lowest BCUT2D eigenvalue weighted by Gasteiger charge is -2.22. The minimum absolute atomic E-state index is 0.0487. The Kier molecular flexibility index (Phi) is 6.65. The molecular formula is C16H24FNO2. The van der Waals surface area contributed by atoms with Gasteiger partial charge in [-0.05, 0) is 30.5 Å². The number of amides is 1. The summed E-state index contributed by atoms with van der Waals surface area (Å²) in [5.74, 6) is -0.0103. The molecule has 1 rings (SSSR count). The Bertz CT molecular complexity index is 415. The highest BCUT2D eigenvalue weighted by Crippen LogP contribution is 2.18. The third-order valence-electron chi connectivity index (χ3n) is 3.70. The summed E-state index contributed by atoms with van der Waals surface area (Å²) in [5.41, 5.74) is 0.599. The van der Waals surface area contributed by atoms with Gasteiger partial charge in [-0.1, -0.05) is 38.8 Å². The molecule has 0 saturated carbocycles. The molecule has 0 aliphatic rings. The molecule has 0 heterocycles. The Hall–Kier alpha value is -1.42. The van der Waals surface area contributed by atoms with Crippen LogP contribution < -0.4 is 5.32 Å². The van der Waals surface area contributed by atoms with Gasteiger partial charge in [0.15, 0.2) is 0 Å². The Morgan fingerprint density at radius 1 is 1.25 bits per heavy atom. The zero-order chi connectivity index (χ0) is 15.1. The zero-order valence-electron chi connectivity index (χ0n) is 12.4. The first-order valence-electron chi connectivity index (χ1n) is 7.20. The molecule has 1 amide bonds. The normalized spacial score (nSPS) is 14.1. The van der Waals surface area contributed by atoms with Gasteiger partial charge >= 0.3 is 0 Å². The summed E-state index contributed by atoms with van der Waals surface area (Å²) in [7, 11) is 0. The minimum atomic E-state index is -0.832. The molecule has 2 atom stereocenters. The van der Waals surface area contributed by atoms with Crippen LogP contribution in [0.2, 0.25) is 0 Å². The van der Waals surface area contributed by atoms with Crippen LogP contribution in [0.25, 0.3) is 0 Å². The van der Waals surface area contributed by atoms with Crippen molar-refractivity contribution >= 4 is 5.91 Å². The van der Waals surface area contributed by atoms with Gasteiger partial charge in [0.25, 0.3) is 0 Å². The lowest BCUT2D eigenvalue weighted by Crippen LogP contribution is -2.37. The van der Waals surface area contributed by atoms with Crippen LogP contribution in [-0.4, -0.2) is 17.1 Å². The number of aliphatic hydroxyl groups is 1. The van der Waals surface area contributed by atoms with Gasteiger partial charge in [-0.2, -0.15) is 0 Å². The highest BCUT2D eigenvalue weighted by Gasteiger charge is 2.19. The number of hydrogen-bond donors (Lipinski definition) is 2. The SMILES string of the molecule is CCC(CC)CC(=O)NC(C)C(O)c1ccc(F)cc1. The number of rotatable bonds is 7. The fraction of sp³-hybridized carbons (Fsp3) is 0.562. The van der Waals surface area contributed by atoms with E-state index in [0.717, 1.165) is 12.8 Å².